The van der Waals surface area contributed by atoms with Crippen LogP contribution in [0.3, 0.4) is 0 Å². The van der Waals surface area contributed by atoms with Crippen LogP contribution in [0.25, 0.3) is 11.3 Å². The zero-order valence-corrected chi connectivity index (χ0v) is 14.6. The molecule has 0 aliphatic heterocycles. The van der Waals surface area contributed by atoms with Gasteiger partial charge >= 0.3 is 0 Å². The Morgan fingerprint density at radius 3 is 2.52 bits per heavy atom. The molecule has 3 aromatic rings. The van der Waals surface area contributed by atoms with E-state index in [2.05, 4.69) is 29.1 Å². The van der Waals surface area contributed by atoms with Gasteiger partial charge in [0.15, 0.2) is 12.2 Å². The lowest BCUT2D eigenvalue weighted by Crippen LogP contribution is -2.32. The molecule has 0 spiro atoms. The highest BCUT2D eigenvalue weighted by Gasteiger charge is 2.21. The van der Waals surface area contributed by atoms with Crippen molar-refractivity contribution in [3.8, 4) is 11.3 Å². The molecule has 1 amide bonds. The Morgan fingerprint density at radius 2 is 1.92 bits per heavy atom. The van der Waals surface area contributed by atoms with Gasteiger partial charge in [0.05, 0.1) is 17.9 Å². The largest absolute Gasteiger partial charge is 0.444 e. The minimum atomic E-state index is -0.136. The second kappa shape index (κ2) is 7.30. The number of amides is 1. The Morgan fingerprint density at radius 1 is 1.16 bits per heavy atom. The normalized spacial score (nSPS) is 12.2. The number of benzene rings is 1. The van der Waals surface area contributed by atoms with Crippen LogP contribution in [0.15, 0.2) is 59.6 Å². The number of nitrogens with one attached hydrogen (secondary N) is 1. The third-order valence-electron chi connectivity index (χ3n) is 4.16. The number of rotatable bonds is 5. The average Bonchev–Trinajstić information content (AvgIpc) is 3.15. The summed E-state index contributed by atoms with van der Waals surface area (Å²) in [6, 6.07) is 11.1. The van der Waals surface area contributed by atoms with E-state index in [9.17, 15) is 4.79 Å². The summed E-state index contributed by atoms with van der Waals surface area (Å²) in [4.78, 5) is 21.0. The zero-order chi connectivity index (χ0) is 17.8. The van der Waals surface area contributed by atoms with Gasteiger partial charge in [-0.15, -0.1) is 0 Å². The lowest BCUT2D eigenvalue weighted by Gasteiger charge is -2.23. The predicted octanol–water partition coefficient (Wildman–Crippen LogP) is 4.17. The molecule has 0 aliphatic carbocycles. The molecule has 2 heterocycles. The van der Waals surface area contributed by atoms with Crippen LogP contribution in [0.5, 0.6) is 0 Å². The van der Waals surface area contributed by atoms with Gasteiger partial charge in [-0.05, 0) is 36.6 Å². The smallest absolute Gasteiger partial charge is 0.251 e. The average molecular weight is 335 g/mol. The highest BCUT2D eigenvalue weighted by Crippen LogP contribution is 2.24. The summed E-state index contributed by atoms with van der Waals surface area (Å²) in [5.41, 5.74) is 3.46. The van der Waals surface area contributed by atoms with Crippen LogP contribution in [-0.4, -0.2) is 15.9 Å². The molecule has 3 rings (SSSR count). The summed E-state index contributed by atoms with van der Waals surface area (Å²) in [6.07, 6.45) is 4.79. The highest BCUT2D eigenvalue weighted by molar-refractivity contribution is 5.94. The van der Waals surface area contributed by atoms with E-state index in [0.717, 1.165) is 16.8 Å². The monoisotopic (exact) mass is 335 g/mol. The Balaban J connectivity index is 1.79. The summed E-state index contributed by atoms with van der Waals surface area (Å²) in [7, 11) is 0. The molecule has 25 heavy (non-hydrogen) atoms. The maximum Gasteiger partial charge on any atom is 0.251 e. The van der Waals surface area contributed by atoms with Crippen molar-refractivity contribution in [3.05, 3.63) is 72.0 Å². The predicted molar refractivity (Wildman–Crippen MR) is 96.0 cm³/mol. The summed E-state index contributed by atoms with van der Waals surface area (Å²) in [5, 5.41) is 3.11. The maximum atomic E-state index is 12.7. The van der Waals surface area contributed by atoms with Crippen molar-refractivity contribution in [3.63, 3.8) is 0 Å². The van der Waals surface area contributed by atoms with Crippen LogP contribution < -0.4 is 5.32 Å². The fraction of sp³-hybridized carbons (Fsp3) is 0.250. The first kappa shape index (κ1) is 16.9. The molecular weight excluding hydrogens is 314 g/mol. The molecule has 0 aliphatic rings. The lowest BCUT2D eigenvalue weighted by atomic mass is 9.96. The first-order valence-electron chi connectivity index (χ1n) is 8.27. The molecular formula is C20H21N3O2. The zero-order valence-electron chi connectivity index (χ0n) is 14.6. The van der Waals surface area contributed by atoms with E-state index in [4.69, 9.17) is 4.42 Å². The standard InChI is InChI=1S/C20H21N3O2/c1-13(2)18(19-14(3)5-4-10-22-19)23-20(24)16-8-6-15(7-9-16)17-11-21-12-25-17/h4-13,18H,1-3H3,(H,23,24)/t18-/m1/s1. The first-order chi connectivity index (χ1) is 12.1. The van der Waals surface area contributed by atoms with Crippen LogP contribution in [-0.2, 0) is 0 Å². The van der Waals surface area contributed by atoms with E-state index in [-0.39, 0.29) is 17.9 Å². The Bertz CT molecular complexity index is 840. The number of aryl methyl sites for hydroxylation is 1. The SMILES string of the molecule is Cc1cccnc1[C@H](NC(=O)c1ccc(-c2cnco2)cc1)C(C)C. The number of carbonyl (C=O) groups excluding carboxylic acids is 1. The molecule has 0 saturated heterocycles. The fourth-order valence-electron chi connectivity index (χ4n) is 2.74. The Hall–Kier alpha value is -2.95. The van der Waals surface area contributed by atoms with Gasteiger partial charge in [0.25, 0.3) is 5.91 Å². The molecule has 2 aromatic heterocycles. The van der Waals surface area contributed by atoms with Crippen LogP contribution in [0, 0.1) is 12.8 Å². The number of pyridine rings is 1. The van der Waals surface area contributed by atoms with E-state index in [1.807, 2.05) is 31.2 Å². The molecule has 1 aromatic carbocycles. The van der Waals surface area contributed by atoms with Gasteiger partial charge in [0, 0.05) is 17.3 Å². The van der Waals surface area contributed by atoms with E-state index in [0.29, 0.717) is 11.3 Å². The quantitative estimate of drug-likeness (QED) is 0.760. The van der Waals surface area contributed by atoms with Crippen molar-refractivity contribution >= 4 is 5.91 Å². The second-order valence-electron chi connectivity index (χ2n) is 6.34. The van der Waals surface area contributed by atoms with Crippen molar-refractivity contribution in [1.29, 1.82) is 0 Å². The number of carbonyl (C=O) groups is 1. The third kappa shape index (κ3) is 3.76. The number of nitrogens with zero attached hydrogens (tertiary/aromatic N) is 2. The van der Waals surface area contributed by atoms with E-state index in [1.54, 1.807) is 24.5 Å². The summed E-state index contributed by atoms with van der Waals surface area (Å²) in [6.45, 7) is 6.16. The van der Waals surface area contributed by atoms with E-state index in [1.165, 1.54) is 6.39 Å². The van der Waals surface area contributed by atoms with Crippen molar-refractivity contribution in [1.82, 2.24) is 15.3 Å². The topological polar surface area (TPSA) is 68.0 Å². The van der Waals surface area contributed by atoms with Crippen molar-refractivity contribution in [2.45, 2.75) is 26.8 Å². The number of oxazole rings is 1. The van der Waals surface area contributed by atoms with Gasteiger partial charge in [-0.3, -0.25) is 9.78 Å². The molecule has 0 saturated carbocycles. The van der Waals surface area contributed by atoms with Gasteiger partial charge < -0.3 is 9.73 Å². The van der Waals surface area contributed by atoms with Crippen LogP contribution in [0.1, 0.15) is 41.5 Å². The molecule has 128 valence electrons. The summed E-state index contributed by atoms with van der Waals surface area (Å²) in [5.74, 6) is 0.787. The van der Waals surface area contributed by atoms with Crippen LogP contribution >= 0.6 is 0 Å². The number of hydrogen-bond donors (Lipinski definition) is 1. The van der Waals surface area contributed by atoms with Crippen LogP contribution in [0.4, 0.5) is 0 Å². The summed E-state index contributed by atoms with van der Waals surface area (Å²) >= 11 is 0. The van der Waals surface area contributed by atoms with Gasteiger partial charge in [0.1, 0.15) is 0 Å². The number of hydrogen-bond acceptors (Lipinski definition) is 4. The highest BCUT2D eigenvalue weighted by atomic mass is 16.3. The molecule has 5 heteroatoms. The molecule has 0 bridgehead atoms. The van der Waals surface area contributed by atoms with E-state index < -0.39 is 0 Å². The van der Waals surface area contributed by atoms with Gasteiger partial charge in [-0.25, -0.2) is 4.98 Å². The minimum Gasteiger partial charge on any atom is -0.444 e. The van der Waals surface area contributed by atoms with Crippen LogP contribution in [0.2, 0.25) is 0 Å². The summed E-state index contributed by atoms with van der Waals surface area (Å²) < 4.78 is 5.27. The fourth-order valence-corrected chi connectivity index (χ4v) is 2.74. The third-order valence-corrected chi connectivity index (χ3v) is 4.16. The molecule has 0 fully saturated rings. The van der Waals surface area contributed by atoms with Gasteiger partial charge in [-0.1, -0.05) is 32.0 Å². The van der Waals surface area contributed by atoms with Crippen molar-refractivity contribution in [2.24, 2.45) is 5.92 Å². The van der Waals surface area contributed by atoms with Crippen molar-refractivity contribution < 1.29 is 9.21 Å². The molecule has 0 radical (unpaired) electrons. The first-order valence-corrected chi connectivity index (χ1v) is 8.27. The Kier molecular flexibility index (Phi) is 4.93. The second-order valence-corrected chi connectivity index (χ2v) is 6.34. The molecule has 5 nitrogen and oxygen atoms in total. The van der Waals surface area contributed by atoms with Gasteiger partial charge in [-0.2, -0.15) is 0 Å². The minimum absolute atomic E-state index is 0.118. The van der Waals surface area contributed by atoms with Gasteiger partial charge in [0.2, 0.25) is 0 Å². The molecule has 1 N–H and O–H groups in total. The molecule has 0 unspecified atom stereocenters. The number of aromatic nitrogens is 2. The van der Waals surface area contributed by atoms with Crippen molar-refractivity contribution in [2.75, 3.05) is 0 Å². The Labute approximate surface area is 147 Å². The lowest BCUT2D eigenvalue weighted by molar-refractivity contribution is 0.0924. The molecule has 1 atom stereocenters. The van der Waals surface area contributed by atoms with E-state index >= 15 is 0 Å². The maximum absolute atomic E-state index is 12.7.